The zero-order chi connectivity index (χ0) is 14.8. The molecule has 2 aromatic heterocycles. The van der Waals surface area contributed by atoms with Gasteiger partial charge in [-0.15, -0.1) is 0 Å². The van der Waals surface area contributed by atoms with Gasteiger partial charge in [-0.25, -0.2) is 18.1 Å². The largest absolute Gasteiger partial charge is 0.438 e. The summed E-state index contributed by atoms with van der Waals surface area (Å²) in [4.78, 5) is 15.9. The Morgan fingerprint density at radius 3 is 2.70 bits per heavy atom. The molecule has 1 amide bonds. The maximum Gasteiger partial charge on any atom is 0.292 e. The standard InChI is InChI=1S/C12H13N3O4S/c1-8-4-3-7-14-11(8)15-12(16)9-5-6-10(19-9)20(17,18)13-2/h3-7,13H,1-2H3,(H,14,15,16). The van der Waals surface area contributed by atoms with Gasteiger partial charge in [-0.2, -0.15) is 0 Å². The predicted molar refractivity (Wildman–Crippen MR) is 71.9 cm³/mol. The Balaban J connectivity index is 2.21. The van der Waals surface area contributed by atoms with Crippen molar-refractivity contribution in [1.29, 1.82) is 0 Å². The maximum absolute atomic E-state index is 11.9. The number of amides is 1. The molecule has 20 heavy (non-hydrogen) atoms. The minimum Gasteiger partial charge on any atom is -0.438 e. The van der Waals surface area contributed by atoms with E-state index in [0.29, 0.717) is 5.82 Å². The number of hydrogen-bond acceptors (Lipinski definition) is 5. The van der Waals surface area contributed by atoms with Crippen LogP contribution in [0.4, 0.5) is 5.82 Å². The lowest BCUT2D eigenvalue weighted by atomic mass is 10.3. The molecule has 0 aromatic carbocycles. The van der Waals surface area contributed by atoms with Gasteiger partial charge in [-0.05, 0) is 37.7 Å². The van der Waals surface area contributed by atoms with Crippen LogP contribution in [0.25, 0.3) is 0 Å². The second-order valence-corrected chi connectivity index (χ2v) is 5.77. The predicted octanol–water partition coefficient (Wildman–Crippen LogP) is 1.14. The van der Waals surface area contributed by atoms with E-state index in [-0.39, 0.29) is 10.9 Å². The molecule has 0 aliphatic heterocycles. The molecule has 0 fully saturated rings. The lowest BCUT2D eigenvalue weighted by molar-refractivity contribution is 0.0991. The summed E-state index contributed by atoms with van der Waals surface area (Å²) in [6, 6.07) is 6.04. The number of hydrogen-bond donors (Lipinski definition) is 2. The number of aryl methyl sites for hydroxylation is 1. The van der Waals surface area contributed by atoms with Crippen LogP contribution in [0, 0.1) is 6.92 Å². The zero-order valence-corrected chi connectivity index (χ0v) is 11.7. The summed E-state index contributed by atoms with van der Waals surface area (Å²) < 4.78 is 30.1. The molecule has 0 saturated heterocycles. The third kappa shape index (κ3) is 2.86. The van der Waals surface area contributed by atoms with E-state index < -0.39 is 15.9 Å². The Labute approximate surface area is 116 Å². The van der Waals surface area contributed by atoms with E-state index in [1.807, 2.05) is 0 Å². The molecule has 0 aliphatic carbocycles. The quantitative estimate of drug-likeness (QED) is 0.881. The SMILES string of the molecule is CNS(=O)(=O)c1ccc(C(=O)Nc2ncccc2C)o1. The summed E-state index contributed by atoms with van der Waals surface area (Å²) in [5, 5.41) is 2.23. The third-order valence-corrected chi connectivity index (χ3v) is 3.87. The molecule has 0 bridgehead atoms. The van der Waals surface area contributed by atoms with Crippen LogP contribution in [0.2, 0.25) is 0 Å². The van der Waals surface area contributed by atoms with Crippen LogP contribution in [0.3, 0.4) is 0 Å². The molecule has 0 unspecified atom stereocenters. The van der Waals surface area contributed by atoms with Gasteiger partial charge in [-0.3, -0.25) is 4.79 Å². The Morgan fingerprint density at radius 2 is 2.05 bits per heavy atom. The van der Waals surface area contributed by atoms with Crippen molar-refractivity contribution in [3.05, 3.63) is 41.8 Å². The van der Waals surface area contributed by atoms with Gasteiger partial charge in [0.05, 0.1) is 0 Å². The topological polar surface area (TPSA) is 101 Å². The number of furan rings is 1. The molecular formula is C12H13N3O4S. The van der Waals surface area contributed by atoms with Crippen molar-refractivity contribution in [2.45, 2.75) is 12.0 Å². The zero-order valence-electron chi connectivity index (χ0n) is 10.9. The number of carbonyl (C=O) groups is 1. The molecule has 7 nitrogen and oxygen atoms in total. The Hall–Kier alpha value is -2.19. The highest BCUT2D eigenvalue weighted by Crippen LogP contribution is 2.16. The fraction of sp³-hybridized carbons (Fsp3) is 0.167. The van der Waals surface area contributed by atoms with Crippen molar-refractivity contribution >= 4 is 21.7 Å². The van der Waals surface area contributed by atoms with Gasteiger partial charge in [0.25, 0.3) is 15.9 Å². The minimum atomic E-state index is -3.70. The van der Waals surface area contributed by atoms with Crippen LogP contribution in [0.1, 0.15) is 16.1 Å². The van der Waals surface area contributed by atoms with E-state index >= 15 is 0 Å². The number of nitrogens with zero attached hydrogens (tertiary/aromatic N) is 1. The monoisotopic (exact) mass is 295 g/mol. The van der Waals surface area contributed by atoms with Gasteiger partial charge in [0.1, 0.15) is 5.82 Å². The lowest BCUT2D eigenvalue weighted by Gasteiger charge is -2.04. The molecular weight excluding hydrogens is 282 g/mol. The highest BCUT2D eigenvalue weighted by atomic mass is 32.2. The normalized spacial score (nSPS) is 11.3. The number of anilines is 1. The number of nitrogens with one attached hydrogen (secondary N) is 2. The number of sulfonamides is 1. The van der Waals surface area contributed by atoms with Crippen LogP contribution in [-0.2, 0) is 10.0 Å². The highest BCUT2D eigenvalue weighted by Gasteiger charge is 2.20. The molecule has 0 spiro atoms. The summed E-state index contributed by atoms with van der Waals surface area (Å²) >= 11 is 0. The fourth-order valence-electron chi connectivity index (χ4n) is 1.47. The van der Waals surface area contributed by atoms with Gasteiger partial charge < -0.3 is 9.73 Å². The molecule has 2 rings (SSSR count). The van der Waals surface area contributed by atoms with E-state index in [0.717, 1.165) is 5.56 Å². The van der Waals surface area contributed by atoms with Crippen molar-refractivity contribution in [2.24, 2.45) is 0 Å². The number of pyridine rings is 1. The lowest BCUT2D eigenvalue weighted by Crippen LogP contribution is -2.18. The molecule has 0 radical (unpaired) electrons. The molecule has 2 N–H and O–H groups in total. The average molecular weight is 295 g/mol. The Morgan fingerprint density at radius 1 is 1.30 bits per heavy atom. The van der Waals surface area contributed by atoms with Gasteiger partial charge in [0.2, 0.25) is 5.09 Å². The third-order valence-electron chi connectivity index (χ3n) is 2.58. The average Bonchev–Trinajstić information content (AvgIpc) is 2.92. The van der Waals surface area contributed by atoms with Gasteiger partial charge in [0.15, 0.2) is 5.76 Å². The number of rotatable bonds is 4. The van der Waals surface area contributed by atoms with Crippen LogP contribution in [0.5, 0.6) is 0 Å². The summed E-state index contributed by atoms with van der Waals surface area (Å²) in [6.07, 6.45) is 1.54. The van der Waals surface area contributed by atoms with Crippen LogP contribution in [-0.4, -0.2) is 26.4 Å². The molecule has 0 saturated carbocycles. The molecule has 0 atom stereocenters. The maximum atomic E-state index is 11.9. The molecule has 0 aliphatic rings. The Kier molecular flexibility index (Phi) is 3.86. The second-order valence-electron chi connectivity index (χ2n) is 3.95. The summed E-state index contributed by atoms with van der Waals surface area (Å²) in [6.45, 7) is 1.79. The van der Waals surface area contributed by atoms with Crippen molar-refractivity contribution < 1.29 is 17.6 Å². The van der Waals surface area contributed by atoms with E-state index in [2.05, 4.69) is 15.0 Å². The van der Waals surface area contributed by atoms with E-state index in [9.17, 15) is 13.2 Å². The van der Waals surface area contributed by atoms with Crippen molar-refractivity contribution in [3.8, 4) is 0 Å². The van der Waals surface area contributed by atoms with E-state index in [4.69, 9.17) is 4.42 Å². The summed E-state index contributed by atoms with van der Waals surface area (Å²) in [7, 11) is -2.45. The molecule has 2 heterocycles. The highest BCUT2D eigenvalue weighted by molar-refractivity contribution is 7.89. The van der Waals surface area contributed by atoms with Crippen molar-refractivity contribution in [3.63, 3.8) is 0 Å². The first-order valence-corrected chi connectivity index (χ1v) is 7.18. The van der Waals surface area contributed by atoms with Crippen LogP contribution < -0.4 is 10.0 Å². The molecule has 2 aromatic rings. The number of carbonyl (C=O) groups excluding carboxylic acids is 1. The first kappa shape index (κ1) is 14.2. The van der Waals surface area contributed by atoms with Crippen LogP contribution in [0.15, 0.2) is 40.0 Å². The van der Waals surface area contributed by atoms with Gasteiger partial charge >= 0.3 is 0 Å². The first-order valence-electron chi connectivity index (χ1n) is 5.70. The van der Waals surface area contributed by atoms with E-state index in [1.54, 1.807) is 25.3 Å². The Bertz CT molecular complexity index is 737. The molecule has 106 valence electrons. The first-order chi connectivity index (χ1) is 9.44. The van der Waals surface area contributed by atoms with Gasteiger partial charge in [-0.1, -0.05) is 6.07 Å². The van der Waals surface area contributed by atoms with Crippen molar-refractivity contribution in [2.75, 3.05) is 12.4 Å². The summed E-state index contributed by atoms with van der Waals surface area (Å²) in [5.41, 5.74) is 0.787. The van der Waals surface area contributed by atoms with Crippen molar-refractivity contribution in [1.82, 2.24) is 9.71 Å². The van der Waals surface area contributed by atoms with E-state index in [1.165, 1.54) is 19.2 Å². The minimum absolute atomic E-state index is 0.108. The molecule has 8 heteroatoms. The number of aromatic nitrogens is 1. The second kappa shape index (κ2) is 5.43. The summed E-state index contributed by atoms with van der Waals surface area (Å²) in [5.74, 6) is -0.278. The smallest absolute Gasteiger partial charge is 0.292 e. The van der Waals surface area contributed by atoms with Crippen LogP contribution >= 0.6 is 0 Å². The fourth-order valence-corrected chi connectivity index (χ4v) is 2.12. The van der Waals surface area contributed by atoms with Gasteiger partial charge in [0, 0.05) is 6.20 Å².